The molecule has 5 nitrogen and oxygen atoms in total. The molecular formula is C32H37N3O2. The van der Waals surface area contributed by atoms with Gasteiger partial charge in [-0.15, -0.1) is 0 Å². The summed E-state index contributed by atoms with van der Waals surface area (Å²) in [6.07, 6.45) is 2.95. The van der Waals surface area contributed by atoms with E-state index in [1.54, 1.807) is 0 Å². The number of nitrogens with one attached hydrogen (secondary N) is 2. The maximum atomic E-state index is 14.2. The summed E-state index contributed by atoms with van der Waals surface area (Å²) in [4.78, 5) is 16.4. The largest absolute Gasteiger partial charge is 0.385 e. The summed E-state index contributed by atoms with van der Waals surface area (Å²) in [6, 6.07) is 17.6. The number of carbonyl (C=O) groups is 1. The molecule has 1 spiro atoms. The van der Waals surface area contributed by atoms with Crippen molar-refractivity contribution in [2.24, 2.45) is 0 Å². The van der Waals surface area contributed by atoms with E-state index in [2.05, 4.69) is 79.6 Å². The Kier molecular flexibility index (Phi) is 5.99. The van der Waals surface area contributed by atoms with Gasteiger partial charge in [-0.2, -0.15) is 0 Å². The second-order valence-corrected chi connectivity index (χ2v) is 10.7. The van der Waals surface area contributed by atoms with Crippen LogP contribution in [0.25, 0.3) is 0 Å². The molecular weight excluding hydrogens is 458 g/mol. The summed E-state index contributed by atoms with van der Waals surface area (Å²) in [5.41, 5.74) is 11.0. The van der Waals surface area contributed by atoms with E-state index in [4.69, 9.17) is 4.74 Å². The van der Waals surface area contributed by atoms with Crippen LogP contribution in [0, 0.1) is 13.8 Å². The van der Waals surface area contributed by atoms with Gasteiger partial charge in [0.05, 0.1) is 6.10 Å². The second kappa shape index (κ2) is 9.21. The maximum absolute atomic E-state index is 14.2. The van der Waals surface area contributed by atoms with Crippen molar-refractivity contribution in [1.82, 2.24) is 4.90 Å². The van der Waals surface area contributed by atoms with Crippen LogP contribution in [-0.2, 0) is 16.7 Å². The minimum absolute atomic E-state index is 0.0632. The number of fused-ring (bicyclic) bond motifs is 6. The molecule has 1 saturated heterocycles. The Balaban J connectivity index is 1.67. The van der Waals surface area contributed by atoms with Crippen LogP contribution in [0.4, 0.5) is 11.4 Å². The lowest BCUT2D eigenvalue weighted by molar-refractivity contribution is 0.0386. The molecule has 3 aromatic rings. The second-order valence-electron chi connectivity index (χ2n) is 10.7. The predicted molar refractivity (Wildman–Crippen MR) is 150 cm³/mol. The van der Waals surface area contributed by atoms with E-state index < -0.39 is 5.54 Å². The molecule has 0 aromatic heterocycles. The van der Waals surface area contributed by atoms with Gasteiger partial charge in [0.15, 0.2) is 0 Å². The number of ether oxygens (including phenoxy) is 1. The topological polar surface area (TPSA) is 53.6 Å². The van der Waals surface area contributed by atoms with Gasteiger partial charge in [0.2, 0.25) is 0 Å². The third kappa shape index (κ3) is 3.58. The Morgan fingerprint density at radius 3 is 2.11 bits per heavy atom. The molecule has 1 atom stereocenters. The fourth-order valence-corrected chi connectivity index (χ4v) is 6.80. The van der Waals surface area contributed by atoms with Crippen LogP contribution in [0.2, 0.25) is 0 Å². The number of hydrogen-bond acceptors (Lipinski definition) is 4. The first-order chi connectivity index (χ1) is 18.0. The SMILES string of the molecule is CCNc1cc2c(cc1C)C1(c3cc(C)c(NCC)cc3C2)c2ccccc2C(=O)N1CC1CCCO1. The number of carbonyl (C=O) groups excluding carboxylic acids is 1. The minimum Gasteiger partial charge on any atom is -0.385 e. The lowest BCUT2D eigenvalue weighted by Crippen LogP contribution is -2.51. The van der Waals surface area contributed by atoms with E-state index in [0.29, 0.717) is 6.54 Å². The Hall–Kier alpha value is -3.31. The van der Waals surface area contributed by atoms with E-state index in [-0.39, 0.29) is 12.0 Å². The molecule has 2 aliphatic heterocycles. The highest BCUT2D eigenvalue weighted by Gasteiger charge is 2.55. The monoisotopic (exact) mass is 495 g/mol. The summed E-state index contributed by atoms with van der Waals surface area (Å²) in [5, 5.41) is 7.11. The predicted octanol–water partition coefficient (Wildman–Crippen LogP) is 6.00. The van der Waals surface area contributed by atoms with Gasteiger partial charge in [0.1, 0.15) is 5.54 Å². The quantitative estimate of drug-likeness (QED) is 0.441. The highest BCUT2D eigenvalue weighted by atomic mass is 16.5. The average molecular weight is 496 g/mol. The van der Waals surface area contributed by atoms with Gasteiger partial charge in [-0.05, 0) is 104 Å². The smallest absolute Gasteiger partial charge is 0.255 e. The first-order valence-corrected chi connectivity index (χ1v) is 13.8. The number of benzene rings is 3. The van der Waals surface area contributed by atoms with Crippen LogP contribution in [0.1, 0.15) is 76.0 Å². The molecule has 5 heteroatoms. The van der Waals surface area contributed by atoms with Gasteiger partial charge in [-0.3, -0.25) is 4.79 Å². The standard InChI is InChI=1S/C32H37N3O2/c1-5-33-29-17-22-16-23-18-30(34-6-2)21(4)15-28(23)32(27(22)14-20(29)3)26-12-8-7-11-25(26)31(36)35(32)19-24-10-9-13-37-24/h7-8,11-12,14-15,17-18,24,33-34H,5-6,9-10,13,16,19H2,1-4H3. The molecule has 1 fully saturated rings. The summed E-state index contributed by atoms with van der Waals surface area (Å²) >= 11 is 0. The Bertz CT molecular complexity index is 1310. The Morgan fingerprint density at radius 1 is 0.919 bits per heavy atom. The minimum atomic E-state index is -0.673. The average Bonchev–Trinajstić information content (AvgIpc) is 3.49. The van der Waals surface area contributed by atoms with Crippen LogP contribution in [0.5, 0.6) is 0 Å². The van der Waals surface area contributed by atoms with E-state index in [0.717, 1.165) is 50.1 Å². The van der Waals surface area contributed by atoms with Gasteiger partial charge in [-0.1, -0.05) is 30.3 Å². The van der Waals surface area contributed by atoms with Gasteiger partial charge < -0.3 is 20.3 Å². The lowest BCUT2D eigenvalue weighted by atomic mass is 9.67. The van der Waals surface area contributed by atoms with Gasteiger partial charge in [0.25, 0.3) is 5.91 Å². The van der Waals surface area contributed by atoms with E-state index in [9.17, 15) is 4.79 Å². The molecule has 3 aromatic carbocycles. The van der Waals surface area contributed by atoms with Gasteiger partial charge >= 0.3 is 0 Å². The third-order valence-corrected chi connectivity index (χ3v) is 8.40. The first-order valence-electron chi connectivity index (χ1n) is 13.8. The Labute approximate surface area is 220 Å². The van der Waals surface area contributed by atoms with Gasteiger partial charge in [-0.25, -0.2) is 0 Å². The highest BCUT2D eigenvalue weighted by molar-refractivity contribution is 6.02. The maximum Gasteiger partial charge on any atom is 0.255 e. The zero-order valence-corrected chi connectivity index (χ0v) is 22.4. The van der Waals surface area contributed by atoms with Crippen LogP contribution in [0.3, 0.4) is 0 Å². The summed E-state index contributed by atoms with van der Waals surface area (Å²) in [5.74, 6) is 0.103. The zero-order valence-electron chi connectivity index (χ0n) is 22.4. The van der Waals surface area contributed by atoms with Crippen molar-refractivity contribution in [2.75, 3.05) is 36.9 Å². The van der Waals surface area contributed by atoms with E-state index in [1.165, 1.54) is 44.8 Å². The summed E-state index contributed by atoms with van der Waals surface area (Å²) in [7, 11) is 0. The van der Waals surface area contributed by atoms with Crippen LogP contribution < -0.4 is 10.6 Å². The van der Waals surface area contributed by atoms with E-state index >= 15 is 0 Å². The lowest BCUT2D eigenvalue weighted by Gasteiger charge is -2.46. The molecule has 1 amide bonds. The molecule has 0 bridgehead atoms. The fourth-order valence-electron chi connectivity index (χ4n) is 6.80. The summed E-state index contributed by atoms with van der Waals surface area (Å²) < 4.78 is 6.11. The third-order valence-electron chi connectivity index (χ3n) is 8.40. The number of aryl methyl sites for hydroxylation is 2. The van der Waals surface area contributed by atoms with Crippen molar-refractivity contribution in [2.45, 2.75) is 58.6 Å². The van der Waals surface area contributed by atoms with Crippen molar-refractivity contribution >= 4 is 17.3 Å². The molecule has 192 valence electrons. The van der Waals surface area contributed by atoms with Crippen LogP contribution in [-0.4, -0.2) is 43.2 Å². The van der Waals surface area contributed by atoms with Crippen molar-refractivity contribution in [3.63, 3.8) is 0 Å². The van der Waals surface area contributed by atoms with Crippen molar-refractivity contribution < 1.29 is 9.53 Å². The summed E-state index contributed by atoms with van der Waals surface area (Å²) in [6.45, 7) is 11.7. The number of anilines is 2. The first kappa shape index (κ1) is 24.1. The molecule has 0 radical (unpaired) electrons. The molecule has 3 aliphatic rings. The number of hydrogen-bond donors (Lipinski definition) is 2. The van der Waals surface area contributed by atoms with Gasteiger partial charge in [0, 0.05) is 43.2 Å². The molecule has 1 aliphatic carbocycles. The van der Waals surface area contributed by atoms with Crippen LogP contribution in [0.15, 0.2) is 48.5 Å². The van der Waals surface area contributed by atoms with E-state index in [1.807, 2.05) is 12.1 Å². The molecule has 0 saturated carbocycles. The van der Waals surface area contributed by atoms with Crippen molar-refractivity contribution in [3.8, 4) is 0 Å². The van der Waals surface area contributed by atoms with Crippen LogP contribution >= 0.6 is 0 Å². The molecule has 37 heavy (non-hydrogen) atoms. The number of nitrogens with zero attached hydrogens (tertiary/aromatic N) is 1. The van der Waals surface area contributed by atoms with Crippen molar-refractivity contribution in [3.05, 3.63) is 93.0 Å². The normalized spacial score (nSPS) is 19.1. The fraction of sp³-hybridized carbons (Fsp3) is 0.406. The molecule has 6 rings (SSSR count). The number of amides is 1. The number of rotatable bonds is 6. The Morgan fingerprint density at radius 2 is 1.54 bits per heavy atom. The van der Waals surface area contributed by atoms with Crippen molar-refractivity contribution in [1.29, 1.82) is 0 Å². The molecule has 2 N–H and O–H groups in total. The zero-order chi connectivity index (χ0) is 25.7. The molecule has 2 heterocycles. The molecule has 1 unspecified atom stereocenters. The highest BCUT2D eigenvalue weighted by Crippen LogP contribution is 2.55.